The third kappa shape index (κ3) is 2.33. The number of benzene rings is 1. The number of nitrogens with one attached hydrogen (secondary N) is 1. The van der Waals surface area contributed by atoms with E-state index < -0.39 is 0 Å². The Morgan fingerprint density at radius 1 is 1.20 bits per heavy atom. The normalized spacial score (nSPS) is 21.6. The van der Waals surface area contributed by atoms with Crippen molar-refractivity contribution in [2.45, 2.75) is 45.6 Å². The summed E-state index contributed by atoms with van der Waals surface area (Å²) in [4.78, 5) is 0. The molecule has 1 N–H and O–H groups in total. The molecule has 1 saturated carbocycles. The van der Waals surface area contributed by atoms with Crippen LogP contribution in [0.2, 0.25) is 0 Å². The molecular formula is C17H23N3. The molecule has 3 nitrogen and oxygen atoms in total. The van der Waals surface area contributed by atoms with Crippen molar-refractivity contribution in [3.05, 3.63) is 46.8 Å². The van der Waals surface area contributed by atoms with Crippen molar-refractivity contribution in [1.82, 2.24) is 9.78 Å². The molecule has 0 unspecified atom stereocenters. The molecule has 0 spiro atoms. The number of aryl methyl sites for hydroxylation is 3. The van der Waals surface area contributed by atoms with Gasteiger partial charge in [0.15, 0.2) is 0 Å². The SMILES string of the molecule is Cc1cccc(C2CC(Nc3c(C)nn(C)c3C)C2)c1. The maximum Gasteiger partial charge on any atom is 0.0827 e. The molecule has 0 amide bonds. The quantitative estimate of drug-likeness (QED) is 0.920. The number of nitrogens with zero attached hydrogens (tertiary/aromatic N) is 2. The van der Waals surface area contributed by atoms with E-state index in [-0.39, 0.29) is 0 Å². The van der Waals surface area contributed by atoms with E-state index in [0.29, 0.717) is 12.0 Å². The van der Waals surface area contributed by atoms with Gasteiger partial charge in [0.05, 0.1) is 17.1 Å². The number of aromatic nitrogens is 2. The fraction of sp³-hybridized carbons (Fsp3) is 0.471. The van der Waals surface area contributed by atoms with Gasteiger partial charge in [0.25, 0.3) is 0 Å². The summed E-state index contributed by atoms with van der Waals surface area (Å²) < 4.78 is 1.95. The predicted molar refractivity (Wildman–Crippen MR) is 83.2 cm³/mol. The zero-order chi connectivity index (χ0) is 14.3. The minimum absolute atomic E-state index is 0.585. The summed E-state index contributed by atoms with van der Waals surface area (Å²) in [6, 6.07) is 9.50. The van der Waals surface area contributed by atoms with Crippen LogP contribution in [0, 0.1) is 20.8 Å². The lowest BCUT2D eigenvalue weighted by atomic mass is 9.75. The summed E-state index contributed by atoms with van der Waals surface area (Å²) in [5.41, 5.74) is 6.39. The molecule has 1 heterocycles. The minimum Gasteiger partial charge on any atom is -0.379 e. The topological polar surface area (TPSA) is 29.9 Å². The lowest BCUT2D eigenvalue weighted by molar-refractivity contribution is 0.374. The van der Waals surface area contributed by atoms with E-state index in [9.17, 15) is 0 Å². The zero-order valence-electron chi connectivity index (χ0n) is 12.8. The molecule has 1 fully saturated rings. The smallest absolute Gasteiger partial charge is 0.0827 e. The Labute approximate surface area is 121 Å². The maximum atomic E-state index is 4.47. The Balaban J connectivity index is 1.64. The first kappa shape index (κ1) is 13.2. The van der Waals surface area contributed by atoms with Gasteiger partial charge >= 0.3 is 0 Å². The molecule has 0 saturated heterocycles. The third-order valence-corrected chi connectivity index (χ3v) is 4.51. The van der Waals surface area contributed by atoms with Crippen molar-refractivity contribution in [2.75, 3.05) is 5.32 Å². The van der Waals surface area contributed by atoms with Crippen LogP contribution in [-0.2, 0) is 7.05 Å². The Morgan fingerprint density at radius 2 is 1.95 bits per heavy atom. The van der Waals surface area contributed by atoms with Gasteiger partial charge in [-0.05, 0) is 45.1 Å². The number of hydrogen-bond acceptors (Lipinski definition) is 2. The van der Waals surface area contributed by atoms with E-state index in [1.807, 2.05) is 11.7 Å². The highest BCUT2D eigenvalue weighted by molar-refractivity contribution is 5.53. The van der Waals surface area contributed by atoms with E-state index in [1.54, 1.807) is 0 Å². The number of hydrogen-bond donors (Lipinski definition) is 1. The van der Waals surface area contributed by atoms with Crippen LogP contribution in [-0.4, -0.2) is 15.8 Å². The highest BCUT2D eigenvalue weighted by Gasteiger charge is 2.31. The largest absolute Gasteiger partial charge is 0.379 e. The van der Waals surface area contributed by atoms with Gasteiger partial charge in [0, 0.05) is 13.1 Å². The van der Waals surface area contributed by atoms with Crippen molar-refractivity contribution < 1.29 is 0 Å². The van der Waals surface area contributed by atoms with Gasteiger partial charge in [-0.3, -0.25) is 4.68 Å². The zero-order valence-corrected chi connectivity index (χ0v) is 12.8. The molecule has 3 rings (SSSR count). The summed E-state index contributed by atoms with van der Waals surface area (Å²) in [5.74, 6) is 0.713. The molecule has 1 aliphatic rings. The molecule has 20 heavy (non-hydrogen) atoms. The Morgan fingerprint density at radius 3 is 2.55 bits per heavy atom. The molecule has 1 aromatic heterocycles. The molecule has 0 radical (unpaired) electrons. The Kier molecular flexibility index (Phi) is 3.28. The first-order valence-electron chi connectivity index (χ1n) is 7.38. The second-order valence-corrected chi connectivity index (χ2v) is 6.09. The Hall–Kier alpha value is -1.77. The summed E-state index contributed by atoms with van der Waals surface area (Å²) in [6.45, 7) is 6.37. The lowest BCUT2D eigenvalue weighted by Crippen LogP contribution is -2.34. The van der Waals surface area contributed by atoms with E-state index in [1.165, 1.54) is 35.3 Å². The van der Waals surface area contributed by atoms with Crippen LogP contribution in [0.1, 0.15) is 41.3 Å². The van der Waals surface area contributed by atoms with Crippen molar-refractivity contribution in [3.8, 4) is 0 Å². The van der Waals surface area contributed by atoms with Crippen molar-refractivity contribution in [1.29, 1.82) is 0 Å². The van der Waals surface area contributed by atoms with Gasteiger partial charge in [-0.15, -0.1) is 0 Å². The summed E-state index contributed by atoms with van der Waals surface area (Å²) >= 11 is 0. The van der Waals surface area contributed by atoms with Gasteiger partial charge in [0.2, 0.25) is 0 Å². The highest BCUT2D eigenvalue weighted by Crippen LogP contribution is 2.39. The molecule has 0 atom stereocenters. The summed E-state index contributed by atoms with van der Waals surface area (Å²) in [6.07, 6.45) is 2.44. The van der Waals surface area contributed by atoms with Crippen LogP contribution in [0.5, 0.6) is 0 Å². The van der Waals surface area contributed by atoms with Crippen molar-refractivity contribution in [3.63, 3.8) is 0 Å². The van der Waals surface area contributed by atoms with Crippen LogP contribution >= 0.6 is 0 Å². The molecule has 1 aliphatic carbocycles. The standard InChI is InChI=1S/C17H23N3/c1-11-6-5-7-14(8-11)15-9-16(10-15)18-17-12(2)19-20(4)13(17)3/h5-8,15-16,18H,9-10H2,1-4H3. The molecule has 106 valence electrons. The second kappa shape index (κ2) is 4.97. The summed E-state index contributed by atoms with van der Waals surface area (Å²) in [7, 11) is 2.00. The summed E-state index contributed by atoms with van der Waals surface area (Å²) in [5, 5.41) is 8.13. The molecule has 0 bridgehead atoms. The number of anilines is 1. The first-order chi connectivity index (χ1) is 9.54. The van der Waals surface area contributed by atoms with Crippen LogP contribution in [0.25, 0.3) is 0 Å². The lowest BCUT2D eigenvalue weighted by Gasteiger charge is -2.37. The molecule has 3 heteroatoms. The van der Waals surface area contributed by atoms with Gasteiger partial charge in [-0.2, -0.15) is 5.10 Å². The molecule has 2 aromatic rings. The average Bonchev–Trinajstić information content (AvgIpc) is 2.58. The Bertz CT molecular complexity index is 621. The van der Waals surface area contributed by atoms with E-state index >= 15 is 0 Å². The fourth-order valence-electron chi connectivity index (χ4n) is 3.12. The number of rotatable bonds is 3. The van der Waals surface area contributed by atoms with Gasteiger partial charge in [-0.25, -0.2) is 0 Å². The maximum absolute atomic E-state index is 4.47. The molecular weight excluding hydrogens is 246 g/mol. The van der Waals surface area contributed by atoms with Crippen LogP contribution in [0.4, 0.5) is 5.69 Å². The van der Waals surface area contributed by atoms with E-state index in [2.05, 4.69) is 55.5 Å². The van der Waals surface area contributed by atoms with Gasteiger partial charge in [-0.1, -0.05) is 29.8 Å². The minimum atomic E-state index is 0.585. The van der Waals surface area contributed by atoms with Crippen molar-refractivity contribution >= 4 is 5.69 Å². The fourth-order valence-corrected chi connectivity index (χ4v) is 3.12. The van der Waals surface area contributed by atoms with Crippen LogP contribution in [0.15, 0.2) is 24.3 Å². The monoisotopic (exact) mass is 269 g/mol. The van der Waals surface area contributed by atoms with Crippen LogP contribution < -0.4 is 5.32 Å². The predicted octanol–water partition coefficient (Wildman–Crippen LogP) is 3.70. The van der Waals surface area contributed by atoms with E-state index in [4.69, 9.17) is 0 Å². The second-order valence-electron chi connectivity index (χ2n) is 6.09. The molecule has 0 aliphatic heterocycles. The highest BCUT2D eigenvalue weighted by atomic mass is 15.3. The van der Waals surface area contributed by atoms with Gasteiger partial charge < -0.3 is 5.32 Å². The molecule has 1 aromatic carbocycles. The third-order valence-electron chi connectivity index (χ3n) is 4.51. The van der Waals surface area contributed by atoms with E-state index in [0.717, 1.165) is 5.69 Å². The van der Waals surface area contributed by atoms with Gasteiger partial charge in [0.1, 0.15) is 0 Å². The average molecular weight is 269 g/mol. The van der Waals surface area contributed by atoms with Crippen LogP contribution in [0.3, 0.4) is 0 Å². The van der Waals surface area contributed by atoms with Crippen molar-refractivity contribution in [2.24, 2.45) is 7.05 Å². The first-order valence-corrected chi connectivity index (χ1v) is 7.38.